The van der Waals surface area contributed by atoms with Crippen molar-refractivity contribution in [2.24, 2.45) is 0 Å². The minimum absolute atomic E-state index is 0.0686. The Morgan fingerprint density at radius 3 is 2.80 bits per heavy atom. The number of hydrogen-bond donors (Lipinski definition) is 2. The highest BCUT2D eigenvalue weighted by Gasteiger charge is 2.33. The molecule has 1 atom stereocenters. The van der Waals surface area contributed by atoms with E-state index < -0.39 is 11.6 Å². The number of aliphatic hydroxyl groups is 1. The average molecular weight is 337 g/mol. The van der Waals surface area contributed by atoms with Gasteiger partial charge in [0, 0.05) is 4.47 Å². The second-order valence-corrected chi connectivity index (χ2v) is 6.21. The Labute approximate surface area is 126 Å². The summed E-state index contributed by atoms with van der Waals surface area (Å²) >= 11 is 3.34. The van der Waals surface area contributed by atoms with E-state index in [1.165, 1.54) is 0 Å². The van der Waals surface area contributed by atoms with E-state index in [1.807, 2.05) is 12.1 Å². The third-order valence-electron chi connectivity index (χ3n) is 3.64. The van der Waals surface area contributed by atoms with Crippen molar-refractivity contribution in [1.29, 1.82) is 5.26 Å². The normalized spacial score (nSPS) is 18.2. The Kier molecular flexibility index (Phi) is 4.79. The zero-order valence-electron chi connectivity index (χ0n) is 11.1. The molecule has 2 rings (SSSR count). The maximum Gasteiger partial charge on any atom is 0.224 e. The molecule has 0 bridgehead atoms. The van der Waals surface area contributed by atoms with E-state index in [4.69, 9.17) is 0 Å². The van der Waals surface area contributed by atoms with Crippen molar-refractivity contribution in [3.05, 3.63) is 34.3 Å². The third-order valence-corrected chi connectivity index (χ3v) is 4.13. The van der Waals surface area contributed by atoms with Crippen molar-refractivity contribution in [3.8, 4) is 6.07 Å². The summed E-state index contributed by atoms with van der Waals surface area (Å²) < 4.78 is 0.860. The van der Waals surface area contributed by atoms with Gasteiger partial charge in [-0.1, -0.05) is 40.9 Å². The van der Waals surface area contributed by atoms with Crippen LogP contribution in [0.25, 0.3) is 0 Å². The Hall–Kier alpha value is -1.38. The lowest BCUT2D eigenvalue weighted by molar-refractivity contribution is -0.126. The molecule has 1 fully saturated rings. The van der Waals surface area contributed by atoms with Crippen LogP contribution >= 0.6 is 15.9 Å². The number of carbonyl (C=O) groups is 1. The molecule has 1 aliphatic rings. The lowest BCUT2D eigenvalue weighted by Gasteiger charge is -2.22. The molecular weight excluding hydrogens is 320 g/mol. The van der Waals surface area contributed by atoms with E-state index in [-0.39, 0.29) is 12.3 Å². The number of benzene rings is 1. The summed E-state index contributed by atoms with van der Waals surface area (Å²) in [6, 6.07) is 8.67. The Morgan fingerprint density at radius 2 is 2.20 bits per heavy atom. The lowest BCUT2D eigenvalue weighted by atomic mass is 9.97. The number of amides is 1. The maximum atomic E-state index is 12.0. The Morgan fingerprint density at radius 1 is 1.50 bits per heavy atom. The molecule has 1 amide bonds. The van der Waals surface area contributed by atoms with Crippen molar-refractivity contribution in [2.75, 3.05) is 0 Å². The molecule has 1 aromatic carbocycles. The second kappa shape index (κ2) is 6.38. The zero-order valence-corrected chi connectivity index (χ0v) is 12.7. The first-order valence-corrected chi connectivity index (χ1v) is 7.48. The molecule has 0 aliphatic heterocycles. The molecular formula is C15H17BrN2O2. The summed E-state index contributed by atoms with van der Waals surface area (Å²) in [4.78, 5) is 12.0. The minimum atomic E-state index is -0.888. The van der Waals surface area contributed by atoms with Gasteiger partial charge in [-0.05, 0) is 30.5 Å². The predicted octanol–water partition coefficient (Wildman–Crippen LogP) is 2.83. The van der Waals surface area contributed by atoms with Crippen LogP contribution in [-0.4, -0.2) is 16.6 Å². The van der Waals surface area contributed by atoms with Gasteiger partial charge in [-0.2, -0.15) is 5.26 Å². The van der Waals surface area contributed by atoms with Crippen molar-refractivity contribution >= 4 is 21.8 Å². The van der Waals surface area contributed by atoms with E-state index in [2.05, 4.69) is 27.3 Å². The van der Waals surface area contributed by atoms with Crippen molar-refractivity contribution in [3.63, 3.8) is 0 Å². The molecule has 0 radical (unpaired) electrons. The fourth-order valence-electron chi connectivity index (χ4n) is 2.60. The number of rotatable bonds is 4. The maximum absolute atomic E-state index is 12.0. The fraction of sp³-hybridized carbons (Fsp3) is 0.467. The predicted molar refractivity (Wildman–Crippen MR) is 78.7 cm³/mol. The standard InChI is InChI=1S/C15H17BrN2O2/c16-12-5-3-4-11(8-12)13(10-17)18-14(19)9-15(20)6-1-2-7-15/h3-5,8,13,20H,1-2,6-7,9H2,(H,18,19). The summed E-state index contributed by atoms with van der Waals surface area (Å²) in [5.41, 5.74) is -0.157. The summed E-state index contributed by atoms with van der Waals surface area (Å²) in [6.07, 6.45) is 3.30. The molecule has 1 aliphatic carbocycles. The molecule has 0 saturated heterocycles. The molecule has 4 nitrogen and oxygen atoms in total. The second-order valence-electron chi connectivity index (χ2n) is 5.29. The minimum Gasteiger partial charge on any atom is -0.389 e. The first kappa shape index (κ1) is 15.0. The molecule has 1 saturated carbocycles. The van der Waals surface area contributed by atoms with Crippen LogP contribution in [-0.2, 0) is 4.79 Å². The molecule has 1 unspecified atom stereocenters. The SMILES string of the molecule is N#CC(NC(=O)CC1(O)CCCC1)c1cccc(Br)c1. The van der Waals surface area contributed by atoms with Crippen LogP contribution in [0.5, 0.6) is 0 Å². The monoisotopic (exact) mass is 336 g/mol. The summed E-state index contributed by atoms with van der Waals surface area (Å²) in [5.74, 6) is -0.277. The molecule has 106 valence electrons. The smallest absolute Gasteiger partial charge is 0.224 e. The van der Waals surface area contributed by atoms with Crippen molar-refractivity contribution in [2.45, 2.75) is 43.7 Å². The molecule has 1 aromatic rings. The summed E-state index contributed by atoms with van der Waals surface area (Å²) in [5, 5.41) is 22.1. The van der Waals surface area contributed by atoms with E-state index in [0.29, 0.717) is 12.8 Å². The van der Waals surface area contributed by atoms with Gasteiger partial charge in [-0.15, -0.1) is 0 Å². The molecule has 0 heterocycles. The Bertz CT molecular complexity index is 533. The lowest BCUT2D eigenvalue weighted by Crippen LogP contribution is -2.36. The summed E-state index contributed by atoms with van der Waals surface area (Å²) in [6.45, 7) is 0. The van der Waals surface area contributed by atoms with Gasteiger partial charge < -0.3 is 10.4 Å². The van der Waals surface area contributed by atoms with Gasteiger partial charge in [0.1, 0.15) is 6.04 Å². The largest absolute Gasteiger partial charge is 0.389 e. The highest BCUT2D eigenvalue weighted by atomic mass is 79.9. The van der Waals surface area contributed by atoms with Crippen molar-refractivity contribution < 1.29 is 9.90 Å². The van der Waals surface area contributed by atoms with Gasteiger partial charge in [-0.3, -0.25) is 4.79 Å². The first-order chi connectivity index (χ1) is 9.52. The number of nitriles is 1. The van der Waals surface area contributed by atoms with Crippen LogP contribution in [0.15, 0.2) is 28.7 Å². The number of hydrogen-bond acceptors (Lipinski definition) is 3. The number of halogens is 1. The zero-order chi connectivity index (χ0) is 14.6. The van der Waals surface area contributed by atoms with Crippen LogP contribution in [0.2, 0.25) is 0 Å². The number of nitrogens with one attached hydrogen (secondary N) is 1. The highest BCUT2D eigenvalue weighted by Crippen LogP contribution is 2.32. The van der Waals surface area contributed by atoms with E-state index in [0.717, 1.165) is 22.9 Å². The summed E-state index contributed by atoms with van der Waals surface area (Å²) in [7, 11) is 0. The van der Waals surface area contributed by atoms with Crippen LogP contribution in [0, 0.1) is 11.3 Å². The molecule has 5 heteroatoms. The van der Waals surface area contributed by atoms with E-state index in [9.17, 15) is 15.2 Å². The van der Waals surface area contributed by atoms with Gasteiger partial charge in [0.25, 0.3) is 0 Å². The van der Waals surface area contributed by atoms with Crippen LogP contribution in [0.1, 0.15) is 43.7 Å². The van der Waals surface area contributed by atoms with Gasteiger partial charge in [0.15, 0.2) is 0 Å². The van der Waals surface area contributed by atoms with Gasteiger partial charge in [-0.25, -0.2) is 0 Å². The molecule has 20 heavy (non-hydrogen) atoms. The van der Waals surface area contributed by atoms with Gasteiger partial charge in [0.05, 0.1) is 18.1 Å². The van der Waals surface area contributed by atoms with E-state index in [1.54, 1.807) is 12.1 Å². The molecule has 2 N–H and O–H groups in total. The number of carbonyl (C=O) groups excluding carboxylic acids is 1. The van der Waals surface area contributed by atoms with Crippen LogP contribution < -0.4 is 5.32 Å². The van der Waals surface area contributed by atoms with Crippen LogP contribution in [0.3, 0.4) is 0 Å². The van der Waals surface area contributed by atoms with E-state index >= 15 is 0 Å². The fourth-order valence-corrected chi connectivity index (χ4v) is 3.01. The highest BCUT2D eigenvalue weighted by molar-refractivity contribution is 9.10. The Balaban J connectivity index is 2.00. The number of nitrogens with zero attached hydrogens (tertiary/aromatic N) is 1. The van der Waals surface area contributed by atoms with Crippen LogP contribution in [0.4, 0.5) is 0 Å². The molecule has 0 aromatic heterocycles. The first-order valence-electron chi connectivity index (χ1n) is 6.69. The van der Waals surface area contributed by atoms with Gasteiger partial charge in [0.2, 0.25) is 5.91 Å². The quantitative estimate of drug-likeness (QED) is 0.887. The third kappa shape index (κ3) is 3.81. The topological polar surface area (TPSA) is 73.1 Å². The van der Waals surface area contributed by atoms with Gasteiger partial charge >= 0.3 is 0 Å². The van der Waals surface area contributed by atoms with Crippen molar-refractivity contribution in [1.82, 2.24) is 5.32 Å². The average Bonchev–Trinajstić information content (AvgIpc) is 2.82. The molecule has 0 spiro atoms.